The summed E-state index contributed by atoms with van der Waals surface area (Å²) in [7, 11) is -1.21. The van der Waals surface area contributed by atoms with E-state index in [4.69, 9.17) is 4.74 Å². The molecule has 3 nitrogen and oxygen atoms in total. The Hall–Kier alpha value is -0.613. The summed E-state index contributed by atoms with van der Waals surface area (Å²) in [5, 5.41) is 9.81. The second-order valence-corrected chi connectivity index (χ2v) is 12.6. The molecule has 0 rings (SSSR count). The maximum absolute atomic E-state index is 11.5. The molecule has 0 unspecified atom stereocenters. The average Bonchev–Trinajstić information content (AvgIpc) is 2.28. The Balaban J connectivity index is 3.63. The van der Waals surface area contributed by atoms with Crippen LogP contribution in [-0.4, -0.2) is 31.9 Å². The molecule has 1 N–H and O–H groups in total. The highest BCUT2D eigenvalue weighted by molar-refractivity contribution is 6.80. The second kappa shape index (κ2) is 8.62. The number of esters is 1. The third-order valence-electron chi connectivity index (χ3n) is 2.81. The highest BCUT2D eigenvalue weighted by Gasteiger charge is 2.22. The number of rotatable bonds is 8. The van der Waals surface area contributed by atoms with Gasteiger partial charge < -0.3 is 9.84 Å². The maximum atomic E-state index is 11.5. The smallest absolute Gasteiger partial charge is 0.311 e. The van der Waals surface area contributed by atoms with E-state index in [0.29, 0.717) is 6.61 Å². The third kappa shape index (κ3) is 11.2. The van der Waals surface area contributed by atoms with Crippen LogP contribution >= 0.6 is 0 Å². The molecule has 0 amide bonds. The van der Waals surface area contributed by atoms with Gasteiger partial charge in [0.1, 0.15) is 0 Å². The van der Waals surface area contributed by atoms with E-state index in [9.17, 15) is 9.90 Å². The highest BCUT2D eigenvalue weighted by atomic mass is 28.3. The molecule has 0 aliphatic rings. The summed E-state index contributed by atoms with van der Waals surface area (Å²) in [6.07, 6.45) is 5.20. The number of carbonyl (C=O) groups excluding carboxylic acids is 1. The topological polar surface area (TPSA) is 46.5 Å². The molecule has 0 aliphatic carbocycles. The quantitative estimate of drug-likeness (QED) is 0.420. The number of aliphatic hydroxyl groups excluding tert-OH is 1. The summed E-state index contributed by atoms with van der Waals surface area (Å²) in [6.45, 7) is 12.8. The van der Waals surface area contributed by atoms with Crippen molar-refractivity contribution in [2.45, 2.75) is 72.2 Å². The van der Waals surface area contributed by atoms with Crippen LogP contribution in [0.15, 0.2) is 11.8 Å². The summed E-state index contributed by atoms with van der Waals surface area (Å²) < 4.78 is 5.20. The Bertz CT molecular complexity index is 311. The van der Waals surface area contributed by atoms with Crippen LogP contribution in [0, 0.1) is 5.41 Å². The van der Waals surface area contributed by atoms with E-state index < -0.39 is 13.5 Å². The summed E-state index contributed by atoms with van der Waals surface area (Å²) in [5.41, 5.74) is 1.76. The van der Waals surface area contributed by atoms with Crippen molar-refractivity contribution in [3.05, 3.63) is 11.8 Å². The Morgan fingerprint density at radius 3 is 2.30 bits per heavy atom. The van der Waals surface area contributed by atoms with E-state index in [-0.39, 0.29) is 12.1 Å². The molecule has 0 aromatic rings. The number of aliphatic hydroxyl groups is 1. The molecule has 1 atom stereocenters. The lowest BCUT2D eigenvalue weighted by Gasteiger charge is -2.16. The largest absolute Gasteiger partial charge is 0.465 e. The number of ether oxygens (including phenoxy) is 1. The van der Waals surface area contributed by atoms with Gasteiger partial charge in [0.2, 0.25) is 0 Å². The predicted molar refractivity (Wildman–Crippen MR) is 87.4 cm³/mol. The zero-order valence-corrected chi connectivity index (χ0v) is 15.0. The van der Waals surface area contributed by atoms with E-state index in [1.165, 1.54) is 0 Å². The SMILES string of the molecule is CC(C)(C)C(=O)OCCCCC[C@H](O)/C=C/[Si](C)(C)C. The summed E-state index contributed by atoms with van der Waals surface area (Å²) in [6, 6.07) is 0. The summed E-state index contributed by atoms with van der Waals surface area (Å²) in [4.78, 5) is 11.5. The van der Waals surface area contributed by atoms with E-state index in [1.54, 1.807) is 0 Å². The fourth-order valence-electron chi connectivity index (χ4n) is 1.51. The lowest BCUT2D eigenvalue weighted by molar-refractivity contribution is -0.153. The van der Waals surface area contributed by atoms with Crippen LogP contribution in [0.2, 0.25) is 19.6 Å². The van der Waals surface area contributed by atoms with Crippen molar-refractivity contribution in [1.29, 1.82) is 0 Å². The van der Waals surface area contributed by atoms with Crippen molar-refractivity contribution in [1.82, 2.24) is 0 Å². The lowest BCUT2D eigenvalue weighted by Crippen LogP contribution is -2.23. The van der Waals surface area contributed by atoms with Crippen LogP contribution < -0.4 is 0 Å². The van der Waals surface area contributed by atoms with Gasteiger partial charge in [0.15, 0.2) is 0 Å². The van der Waals surface area contributed by atoms with Gasteiger partial charge in [-0.2, -0.15) is 0 Å². The Labute approximate surface area is 125 Å². The zero-order valence-electron chi connectivity index (χ0n) is 14.0. The maximum Gasteiger partial charge on any atom is 0.311 e. The van der Waals surface area contributed by atoms with Crippen molar-refractivity contribution < 1.29 is 14.6 Å². The van der Waals surface area contributed by atoms with Gasteiger partial charge in [-0.3, -0.25) is 4.79 Å². The molecule has 0 fully saturated rings. The van der Waals surface area contributed by atoms with Gasteiger partial charge in [0, 0.05) is 0 Å². The van der Waals surface area contributed by atoms with Gasteiger partial charge in [-0.05, 0) is 40.0 Å². The second-order valence-electron chi connectivity index (χ2n) is 7.53. The fourth-order valence-corrected chi connectivity index (χ4v) is 2.31. The van der Waals surface area contributed by atoms with Crippen LogP contribution in [0.3, 0.4) is 0 Å². The molecule has 0 aromatic carbocycles. The van der Waals surface area contributed by atoms with E-state index >= 15 is 0 Å². The van der Waals surface area contributed by atoms with Gasteiger partial charge in [-0.25, -0.2) is 0 Å². The minimum atomic E-state index is -1.21. The molecule has 0 radical (unpaired) electrons. The van der Waals surface area contributed by atoms with Gasteiger partial charge >= 0.3 is 5.97 Å². The van der Waals surface area contributed by atoms with Crippen LogP contribution in [0.5, 0.6) is 0 Å². The first-order valence-corrected chi connectivity index (χ1v) is 11.1. The first kappa shape index (κ1) is 19.4. The molecule has 118 valence electrons. The van der Waals surface area contributed by atoms with E-state index in [2.05, 4.69) is 25.3 Å². The predicted octanol–water partition coefficient (Wildman–Crippen LogP) is 3.93. The van der Waals surface area contributed by atoms with Crippen LogP contribution in [0.25, 0.3) is 0 Å². The number of hydrogen-bond donors (Lipinski definition) is 1. The van der Waals surface area contributed by atoms with E-state index in [1.807, 2.05) is 26.8 Å². The molecule has 0 aliphatic heterocycles. The van der Waals surface area contributed by atoms with Gasteiger partial charge in [-0.1, -0.05) is 37.8 Å². The number of carbonyl (C=O) groups is 1. The molecular weight excluding hydrogens is 268 g/mol. The Morgan fingerprint density at radius 1 is 1.20 bits per heavy atom. The van der Waals surface area contributed by atoms with Crippen LogP contribution in [0.1, 0.15) is 46.5 Å². The van der Waals surface area contributed by atoms with Crippen molar-refractivity contribution in [2.24, 2.45) is 5.41 Å². The molecular formula is C16H32O3Si. The number of unbranched alkanes of at least 4 members (excludes halogenated alkanes) is 2. The van der Waals surface area contributed by atoms with Gasteiger partial charge in [0.25, 0.3) is 0 Å². The molecule has 0 saturated heterocycles. The Morgan fingerprint density at radius 2 is 1.80 bits per heavy atom. The molecule has 0 saturated carbocycles. The zero-order chi connectivity index (χ0) is 15.8. The molecule has 0 spiro atoms. The minimum absolute atomic E-state index is 0.143. The normalized spacial score (nSPS) is 14.6. The average molecular weight is 301 g/mol. The molecule has 0 aromatic heterocycles. The van der Waals surface area contributed by atoms with Crippen molar-refractivity contribution in [2.75, 3.05) is 6.61 Å². The van der Waals surface area contributed by atoms with Gasteiger partial charge in [-0.15, -0.1) is 0 Å². The Kier molecular flexibility index (Phi) is 8.36. The molecule has 20 heavy (non-hydrogen) atoms. The first-order valence-electron chi connectivity index (χ1n) is 7.57. The monoisotopic (exact) mass is 300 g/mol. The summed E-state index contributed by atoms with van der Waals surface area (Å²) in [5.74, 6) is -0.143. The number of hydrogen-bond acceptors (Lipinski definition) is 3. The standard InChI is InChI=1S/C16H32O3Si/c1-16(2,3)15(18)19-12-9-7-8-10-14(17)11-13-20(4,5)6/h11,13-14,17H,7-10,12H2,1-6H3/b13-11+/t14-/m0/s1. The van der Waals surface area contributed by atoms with Crippen LogP contribution in [-0.2, 0) is 9.53 Å². The van der Waals surface area contributed by atoms with Crippen molar-refractivity contribution >= 4 is 14.0 Å². The molecule has 0 heterocycles. The van der Waals surface area contributed by atoms with E-state index in [0.717, 1.165) is 25.7 Å². The summed E-state index contributed by atoms with van der Waals surface area (Å²) >= 11 is 0. The third-order valence-corrected chi connectivity index (χ3v) is 4.00. The fraction of sp³-hybridized carbons (Fsp3) is 0.812. The first-order chi connectivity index (χ1) is 9.02. The van der Waals surface area contributed by atoms with Crippen molar-refractivity contribution in [3.63, 3.8) is 0 Å². The molecule has 4 heteroatoms. The highest BCUT2D eigenvalue weighted by Crippen LogP contribution is 2.15. The van der Waals surface area contributed by atoms with Crippen LogP contribution in [0.4, 0.5) is 0 Å². The minimum Gasteiger partial charge on any atom is -0.465 e. The van der Waals surface area contributed by atoms with Crippen molar-refractivity contribution in [3.8, 4) is 0 Å². The lowest BCUT2D eigenvalue weighted by atomic mass is 9.97. The van der Waals surface area contributed by atoms with Gasteiger partial charge in [0.05, 0.1) is 26.2 Å². The molecule has 0 bridgehead atoms.